The first-order chi connectivity index (χ1) is 14.0. The van der Waals surface area contributed by atoms with Crippen molar-refractivity contribution in [2.24, 2.45) is 11.8 Å². The fraction of sp³-hybridized carbons (Fsp3) is 0.217. The van der Waals surface area contributed by atoms with Crippen LogP contribution in [0.1, 0.15) is 34.5 Å². The maximum absolute atomic E-state index is 13.4. The molecule has 2 saturated heterocycles. The smallest absolute Gasteiger partial charge is 0.240 e. The zero-order chi connectivity index (χ0) is 20.3. The first kappa shape index (κ1) is 17.4. The van der Waals surface area contributed by atoms with Gasteiger partial charge >= 0.3 is 0 Å². The summed E-state index contributed by atoms with van der Waals surface area (Å²) in [5, 5.41) is 9.81. The number of benzene rings is 2. The van der Waals surface area contributed by atoms with Crippen LogP contribution in [0.5, 0.6) is 0 Å². The number of Topliss-reactive ketones (excluding diaryl/α,β-unsaturated/α-hetero) is 1. The minimum Gasteiger partial charge on any atom is -0.353 e. The molecule has 2 fully saturated rings. The average molecular weight is 383 g/mol. The molecule has 5 rings (SSSR count). The van der Waals surface area contributed by atoms with Gasteiger partial charge in [-0.2, -0.15) is 5.26 Å². The largest absolute Gasteiger partial charge is 0.353 e. The lowest BCUT2D eigenvalue weighted by molar-refractivity contribution is -0.123. The number of nitrogens with zero attached hydrogens (tertiary/aromatic N) is 3. The van der Waals surface area contributed by atoms with E-state index in [0.717, 1.165) is 11.1 Å². The van der Waals surface area contributed by atoms with Gasteiger partial charge in [0, 0.05) is 11.8 Å². The van der Waals surface area contributed by atoms with E-state index in [2.05, 4.69) is 6.07 Å². The standard InChI is InChI=1S/C23H17N3O3/c1-13(27)14-6-8-16(9-7-14)26-22(28)19-18(12-24)25-11-10-15-4-2-3-5-17(15)21(25)20(19)23(26)29/h2-11,18-21H,1H3/t18-,19-,20-,21+/m0/s1. The van der Waals surface area contributed by atoms with Crippen LogP contribution in [0.4, 0.5) is 5.69 Å². The molecule has 0 bridgehead atoms. The van der Waals surface area contributed by atoms with E-state index < -0.39 is 17.9 Å². The molecule has 0 spiro atoms. The first-order valence-corrected chi connectivity index (χ1v) is 9.46. The molecule has 0 N–H and O–H groups in total. The lowest BCUT2D eigenvalue weighted by atomic mass is 9.85. The molecule has 3 heterocycles. The minimum absolute atomic E-state index is 0.0849. The number of ketones is 1. The summed E-state index contributed by atoms with van der Waals surface area (Å²) >= 11 is 0. The second-order valence-electron chi connectivity index (χ2n) is 7.58. The van der Waals surface area contributed by atoms with Crippen molar-refractivity contribution in [3.8, 4) is 6.07 Å². The number of nitriles is 1. The van der Waals surface area contributed by atoms with E-state index in [1.54, 1.807) is 24.3 Å². The second-order valence-corrected chi connectivity index (χ2v) is 7.58. The van der Waals surface area contributed by atoms with Crippen molar-refractivity contribution in [2.75, 3.05) is 4.90 Å². The number of carbonyl (C=O) groups is 3. The molecule has 2 amide bonds. The summed E-state index contributed by atoms with van der Waals surface area (Å²) in [6, 6.07) is 15.4. The fourth-order valence-electron chi connectivity index (χ4n) is 4.81. The highest BCUT2D eigenvalue weighted by Gasteiger charge is 2.63. The molecule has 3 aliphatic heterocycles. The van der Waals surface area contributed by atoms with Crippen LogP contribution < -0.4 is 4.90 Å². The van der Waals surface area contributed by atoms with Crippen LogP contribution in [0, 0.1) is 23.2 Å². The number of amides is 2. The molecule has 3 aliphatic rings. The third-order valence-electron chi connectivity index (χ3n) is 6.13. The van der Waals surface area contributed by atoms with E-state index in [0.29, 0.717) is 11.3 Å². The van der Waals surface area contributed by atoms with Gasteiger partial charge in [0.25, 0.3) is 0 Å². The zero-order valence-corrected chi connectivity index (χ0v) is 15.6. The van der Waals surface area contributed by atoms with Gasteiger partial charge in [0.05, 0.1) is 29.6 Å². The SMILES string of the molecule is CC(=O)c1ccc(N2C(=O)[C@@H]3[C@H](C2=O)[C@H]2c4ccccc4C=CN2[C@H]3C#N)cc1. The Balaban J connectivity index is 1.59. The van der Waals surface area contributed by atoms with E-state index in [1.165, 1.54) is 11.8 Å². The van der Waals surface area contributed by atoms with Gasteiger partial charge in [-0.25, -0.2) is 4.90 Å². The number of carbonyl (C=O) groups excluding carboxylic acids is 3. The maximum Gasteiger partial charge on any atom is 0.240 e. The zero-order valence-electron chi connectivity index (χ0n) is 15.6. The molecule has 0 aliphatic carbocycles. The Labute approximate surface area is 167 Å². The predicted molar refractivity (Wildman–Crippen MR) is 105 cm³/mol. The number of rotatable bonds is 2. The van der Waals surface area contributed by atoms with Gasteiger partial charge in [-0.05, 0) is 48.4 Å². The molecule has 4 atom stereocenters. The second kappa shape index (κ2) is 6.14. The molecule has 142 valence electrons. The van der Waals surface area contributed by atoms with Gasteiger partial charge in [-0.3, -0.25) is 14.4 Å². The van der Waals surface area contributed by atoms with Crippen LogP contribution in [0.2, 0.25) is 0 Å². The normalized spacial score (nSPS) is 26.8. The van der Waals surface area contributed by atoms with Gasteiger partial charge in [-0.1, -0.05) is 24.3 Å². The molecule has 0 saturated carbocycles. The summed E-state index contributed by atoms with van der Waals surface area (Å²) in [6.07, 6.45) is 3.75. The Morgan fingerprint density at radius 1 is 1.00 bits per heavy atom. The summed E-state index contributed by atoms with van der Waals surface area (Å²) in [4.78, 5) is 41.3. The van der Waals surface area contributed by atoms with Gasteiger partial charge in [0.2, 0.25) is 11.8 Å². The van der Waals surface area contributed by atoms with Crippen molar-refractivity contribution in [1.29, 1.82) is 5.26 Å². The van der Waals surface area contributed by atoms with E-state index in [-0.39, 0.29) is 23.6 Å². The molecule has 29 heavy (non-hydrogen) atoms. The van der Waals surface area contributed by atoms with E-state index in [9.17, 15) is 19.6 Å². The molecule has 0 radical (unpaired) electrons. The van der Waals surface area contributed by atoms with Crippen LogP contribution in [0.15, 0.2) is 54.7 Å². The molecule has 0 unspecified atom stereocenters. The number of imide groups is 1. The molecule has 0 aromatic heterocycles. The molecule has 6 heteroatoms. The van der Waals surface area contributed by atoms with Gasteiger partial charge in [0.15, 0.2) is 5.78 Å². The van der Waals surface area contributed by atoms with Crippen molar-refractivity contribution >= 4 is 29.4 Å². The lowest BCUT2D eigenvalue weighted by Crippen LogP contribution is -2.40. The Bertz CT molecular complexity index is 1130. The van der Waals surface area contributed by atoms with Crippen molar-refractivity contribution < 1.29 is 14.4 Å². The monoisotopic (exact) mass is 383 g/mol. The summed E-state index contributed by atoms with van der Waals surface area (Å²) in [7, 11) is 0. The van der Waals surface area contributed by atoms with E-state index in [1.807, 2.05) is 41.4 Å². The molecule has 2 aromatic rings. The summed E-state index contributed by atoms with van der Waals surface area (Å²) in [5.74, 6) is -2.08. The lowest BCUT2D eigenvalue weighted by Gasteiger charge is -2.33. The number of fused-ring (bicyclic) bond motifs is 5. The molecular formula is C23H17N3O3. The van der Waals surface area contributed by atoms with Crippen LogP contribution in [-0.4, -0.2) is 28.5 Å². The number of hydrogen-bond acceptors (Lipinski definition) is 5. The third-order valence-corrected chi connectivity index (χ3v) is 6.13. The van der Waals surface area contributed by atoms with Gasteiger partial charge in [0.1, 0.15) is 6.04 Å². The average Bonchev–Trinajstić information content (AvgIpc) is 3.20. The summed E-state index contributed by atoms with van der Waals surface area (Å²) in [5.41, 5.74) is 2.90. The van der Waals surface area contributed by atoms with Crippen molar-refractivity contribution in [3.05, 3.63) is 71.4 Å². The topological polar surface area (TPSA) is 81.5 Å². The van der Waals surface area contributed by atoms with E-state index >= 15 is 0 Å². The van der Waals surface area contributed by atoms with Crippen molar-refractivity contribution in [1.82, 2.24) is 4.90 Å². The van der Waals surface area contributed by atoms with Crippen molar-refractivity contribution in [3.63, 3.8) is 0 Å². The fourth-order valence-corrected chi connectivity index (χ4v) is 4.81. The molecular weight excluding hydrogens is 366 g/mol. The van der Waals surface area contributed by atoms with Gasteiger partial charge < -0.3 is 4.90 Å². The predicted octanol–water partition coefficient (Wildman–Crippen LogP) is 2.93. The quantitative estimate of drug-likeness (QED) is 0.588. The summed E-state index contributed by atoms with van der Waals surface area (Å²) in [6.45, 7) is 1.46. The molecule has 2 aromatic carbocycles. The molecule has 6 nitrogen and oxygen atoms in total. The highest BCUT2D eigenvalue weighted by atomic mass is 16.2. The van der Waals surface area contributed by atoms with Crippen molar-refractivity contribution in [2.45, 2.75) is 19.0 Å². The highest BCUT2D eigenvalue weighted by molar-refractivity contribution is 6.23. The Hall–Kier alpha value is -3.72. The minimum atomic E-state index is -0.721. The van der Waals surface area contributed by atoms with Gasteiger partial charge in [-0.15, -0.1) is 0 Å². The number of hydrogen-bond donors (Lipinski definition) is 0. The highest BCUT2D eigenvalue weighted by Crippen LogP contribution is 2.52. The Morgan fingerprint density at radius 2 is 1.69 bits per heavy atom. The maximum atomic E-state index is 13.4. The van der Waals surface area contributed by atoms with E-state index in [4.69, 9.17) is 0 Å². The third kappa shape index (κ3) is 2.31. The number of anilines is 1. The van der Waals surface area contributed by atoms with Crippen LogP contribution >= 0.6 is 0 Å². The summed E-state index contributed by atoms with van der Waals surface area (Å²) < 4.78 is 0. The van der Waals surface area contributed by atoms with Crippen LogP contribution in [0.3, 0.4) is 0 Å². The Morgan fingerprint density at radius 3 is 2.38 bits per heavy atom. The first-order valence-electron chi connectivity index (χ1n) is 9.46. The Kier molecular flexibility index (Phi) is 3.68. The van der Waals surface area contributed by atoms with Crippen LogP contribution in [-0.2, 0) is 9.59 Å². The van der Waals surface area contributed by atoms with Crippen LogP contribution in [0.25, 0.3) is 6.08 Å².